The Bertz CT molecular complexity index is 1330. The van der Waals surface area contributed by atoms with Gasteiger partial charge in [-0.15, -0.1) is 0 Å². The fourth-order valence-electron chi connectivity index (χ4n) is 3.93. The molecule has 0 radical (unpaired) electrons. The molecule has 0 bridgehead atoms. The molecule has 0 spiro atoms. The number of anilines is 1. The number of nitrogens with one attached hydrogen (secondary N) is 1. The molecule has 3 rings (SSSR count). The number of carbonyl (C=O) groups is 1. The number of amides is 1. The quantitative estimate of drug-likeness (QED) is 0.504. The van der Waals surface area contributed by atoms with Crippen LogP contribution in [0.3, 0.4) is 0 Å². The summed E-state index contributed by atoms with van der Waals surface area (Å²) in [4.78, 5) is 14.6. The number of fused-ring (bicyclic) bond motifs is 1. The lowest BCUT2D eigenvalue weighted by Crippen LogP contribution is -2.48. The number of rotatable bonds is 8. The van der Waals surface area contributed by atoms with Gasteiger partial charge in [-0.2, -0.15) is 0 Å². The third-order valence-electron chi connectivity index (χ3n) is 6.30. The first-order chi connectivity index (χ1) is 17.2. The number of ether oxygens (including phenoxy) is 1. The SMILES string of the molecule is C[C@H](CO)N1C[C@H](C)[C@@H](CN(C)S(C)(=O)=O)Oc2ccc(NS(=O)(=O)c3ccc(F)cc3)cc2CC1=O. The van der Waals surface area contributed by atoms with E-state index in [-0.39, 0.29) is 48.5 Å². The summed E-state index contributed by atoms with van der Waals surface area (Å²) in [6.07, 6.45) is 0.316. The van der Waals surface area contributed by atoms with Crippen molar-refractivity contribution in [1.29, 1.82) is 0 Å². The highest BCUT2D eigenvalue weighted by Crippen LogP contribution is 2.30. The Morgan fingerprint density at radius 3 is 2.43 bits per heavy atom. The number of halogens is 1. The number of carbonyl (C=O) groups excluding carboxylic acids is 1. The molecule has 1 heterocycles. The summed E-state index contributed by atoms with van der Waals surface area (Å²) in [5.74, 6) is -0.854. The third-order valence-corrected chi connectivity index (χ3v) is 8.97. The lowest BCUT2D eigenvalue weighted by atomic mass is 10.0. The number of likely N-dealkylation sites (N-methyl/N-ethyl adjacent to an activating group) is 1. The lowest BCUT2D eigenvalue weighted by molar-refractivity contribution is -0.134. The van der Waals surface area contributed by atoms with Gasteiger partial charge in [-0.1, -0.05) is 6.92 Å². The predicted molar refractivity (Wildman–Crippen MR) is 137 cm³/mol. The summed E-state index contributed by atoms with van der Waals surface area (Å²) in [6.45, 7) is 3.52. The van der Waals surface area contributed by atoms with Gasteiger partial charge < -0.3 is 14.7 Å². The molecule has 0 saturated heterocycles. The maximum Gasteiger partial charge on any atom is 0.261 e. The minimum Gasteiger partial charge on any atom is -0.488 e. The number of sulfonamides is 2. The molecule has 1 amide bonds. The highest BCUT2D eigenvalue weighted by atomic mass is 32.2. The van der Waals surface area contributed by atoms with Gasteiger partial charge in [0.05, 0.1) is 36.8 Å². The molecule has 0 aliphatic carbocycles. The number of nitrogens with zero attached hydrogens (tertiary/aromatic N) is 2. The predicted octanol–water partition coefficient (Wildman–Crippen LogP) is 1.67. The van der Waals surface area contributed by atoms with Crippen molar-refractivity contribution in [2.45, 2.75) is 37.3 Å². The third kappa shape index (κ3) is 7.18. The Balaban J connectivity index is 1.99. The van der Waals surface area contributed by atoms with Crippen LogP contribution in [-0.2, 0) is 31.3 Å². The van der Waals surface area contributed by atoms with E-state index in [1.54, 1.807) is 6.92 Å². The second kappa shape index (κ2) is 11.3. The van der Waals surface area contributed by atoms with E-state index in [1.165, 1.54) is 34.5 Å². The Morgan fingerprint density at radius 1 is 1.19 bits per heavy atom. The molecule has 0 saturated carbocycles. The van der Waals surface area contributed by atoms with Crippen LogP contribution in [0, 0.1) is 11.7 Å². The summed E-state index contributed by atoms with van der Waals surface area (Å²) in [5, 5.41) is 9.72. The van der Waals surface area contributed by atoms with E-state index in [0.717, 1.165) is 30.5 Å². The van der Waals surface area contributed by atoms with Gasteiger partial charge in [0, 0.05) is 30.8 Å². The molecule has 37 heavy (non-hydrogen) atoms. The Labute approximate surface area is 217 Å². The fraction of sp³-hybridized carbons (Fsp3) is 0.458. The summed E-state index contributed by atoms with van der Waals surface area (Å²) >= 11 is 0. The zero-order chi connectivity index (χ0) is 27.5. The van der Waals surface area contributed by atoms with Crippen molar-refractivity contribution in [3.8, 4) is 5.75 Å². The van der Waals surface area contributed by atoms with Crippen LogP contribution in [0.2, 0.25) is 0 Å². The molecule has 0 fully saturated rings. The van der Waals surface area contributed by atoms with Crippen LogP contribution in [0.4, 0.5) is 10.1 Å². The van der Waals surface area contributed by atoms with E-state index >= 15 is 0 Å². The van der Waals surface area contributed by atoms with Crippen molar-refractivity contribution in [3.05, 3.63) is 53.8 Å². The van der Waals surface area contributed by atoms with Gasteiger partial charge in [0.25, 0.3) is 10.0 Å². The molecule has 1 aliphatic heterocycles. The van der Waals surface area contributed by atoms with Crippen molar-refractivity contribution in [3.63, 3.8) is 0 Å². The van der Waals surface area contributed by atoms with Gasteiger partial charge in [0.15, 0.2) is 0 Å². The fourth-order valence-corrected chi connectivity index (χ4v) is 5.39. The molecule has 1 aliphatic rings. The van der Waals surface area contributed by atoms with Crippen LogP contribution in [-0.4, -0.2) is 82.2 Å². The average Bonchev–Trinajstić information content (AvgIpc) is 2.86. The zero-order valence-electron chi connectivity index (χ0n) is 21.1. The van der Waals surface area contributed by atoms with Crippen molar-refractivity contribution >= 4 is 31.6 Å². The van der Waals surface area contributed by atoms with Gasteiger partial charge in [0.2, 0.25) is 15.9 Å². The monoisotopic (exact) mass is 557 g/mol. The summed E-state index contributed by atoms with van der Waals surface area (Å²) in [6, 6.07) is 8.33. The molecular formula is C24H32FN3O7S2. The Morgan fingerprint density at radius 2 is 1.84 bits per heavy atom. The van der Waals surface area contributed by atoms with Gasteiger partial charge in [0.1, 0.15) is 17.7 Å². The van der Waals surface area contributed by atoms with E-state index < -0.39 is 38.0 Å². The van der Waals surface area contributed by atoms with Crippen LogP contribution < -0.4 is 9.46 Å². The Kier molecular flexibility index (Phi) is 8.83. The largest absolute Gasteiger partial charge is 0.488 e. The van der Waals surface area contributed by atoms with Crippen LogP contribution in [0.5, 0.6) is 5.75 Å². The van der Waals surface area contributed by atoms with Gasteiger partial charge in [-0.3, -0.25) is 9.52 Å². The summed E-state index contributed by atoms with van der Waals surface area (Å²) < 4.78 is 72.7. The molecular weight excluding hydrogens is 525 g/mol. The van der Waals surface area contributed by atoms with Crippen LogP contribution in [0.25, 0.3) is 0 Å². The first-order valence-corrected chi connectivity index (χ1v) is 14.9. The molecule has 204 valence electrons. The molecule has 10 nitrogen and oxygen atoms in total. The normalized spacial score (nSPS) is 19.9. The number of benzene rings is 2. The number of aliphatic hydroxyl groups excluding tert-OH is 1. The molecule has 2 aromatic carbocycles. The van der Waals surface area contributed by atoms with E-state index in [9.17, 15) is 31.1 Å². The van der Waals surface area contributed by atoms with Gasteiger partial charge >= 0.3 is 0 Å². The van der Waals surface area contributed by atoms with Gasteiger partial charge in [-0.05, 0) is 49.4 Å². The van der Waals surface area contributed by atoms with E-state index in [0.29, 0.717) is 11.3 Å². The molecule has 2 aromatic rings. The number of aliphatic hydroxyl groups is 1. The standard InChI is InChI=1S/C24H32FN3O7S2/c1-16-13-28(17(2)15-29)24(30)12-18-11-20(26-37(33,34)21-8-5-19(25)6-9-21)7-10-22(18)35-23(16)14-27(3)36(4,31)32/h5-11,16-17,23,26,29H,12-15H2,1-4H3/t16-,17+,23+/m0/s1. The molecule has 2 N–H and O–H groups in total. The van der Waals surface area contributed by atoms with E-state index in [2.05, 4.69) is 4.72 Å². The maximum atomic E-state index is 13.2. The molecule has 13 heteroatoms. The van der Waals surface area contributed by atoms with E-state index in [4.69, 9.17) is 4.74 Å². The zero-order valence-corrected chi connectivity index (χ0v) is 22.7. The van der Waals surface area contributed by atoms with Crippen LogP contribution in [0.1, 0.15) is 19.4 Å². The summed E-state index contributed by atoms with van der Waals surface area (Å²) in [5.41, 5.74) is 0.555. The topological polar surface area (TPSA) is 133 Å². The number of hydrogen-bond acceptors (Lipinski definition) is 7. The minimum absolute atomic E-state index is 0.0217. The van der Waals surface area contributed by atoms with Crippen LogP contribution >= 0.6 is 0 Å². The molecule has 0 unspecified atom stereocenters. The first-order valence-electron chi connectivity index (χ1n) is 11.6. The number of hydrogen-bond donors (Lipinski definition) is 2. The second-order valence-corrected chi connectivity index (χ2v) is 13.1. The average molecular weight is 558 g/mol. The first kappa shape index (κ1) is 28.8. The van der Waals surface area contributed by atoms with E-state index in [1.807, 2.05) is 6.92 Å². The smallest absolute Gasteiger partial charge is 0.261 e. The minimum atomic E-state index is -4.03. The molecule has 3 atom stereocenters. The Hall–Kier alpha value is -2.74. The van der Waals surface area contributed by atoms with Crippen LogP contribution in [0.15, 0.2) is 47.4 Å². The van der Waals surface area contributed by atoms with Gasteiger partial charge in [-0.25, -0.2) is 25.5 Å². The highest BCUT2D eigenvalue weighted by Gasteiger charge is 2.32. The lowest BCUT2D eigenvalue weighted by Gasteiger charge is -2.33. The van der Waals surface area contributed by atoms with Crippen molar-refractivity contribution in [2.75, 3.05) is 37.7 Å². The highest BCUT2D eigenvalue weighted by molar-refractivity contribution is 7.92. The molecule has 0 aromatic heterocycles. The van der Waals surface area contributed by atoms with Crippen molar-refractivity contribution in [1.82, 2.24) is 9.21 Å². The maximum absolute atomic E-state index is 13.2. The summed E-state index contributed by atoms with van der Waals surface area (Å²) in [7, 11) is -6.10. The van der Waals surface area contributed by atoms with Crippen molar-refractivity contribution in [2.24, 2.45) is 5.92 Å². The second-order valence-electron chi connectivity index (χ2n) is 9.31. The van der Waals surface area contributed by atoms with Crippen molar-refractivity contribution < 1.29 is 35.9 Å².